The van der Waals surface area contributed by atoms with Gasteiger partial charge in [0.15, 0.2) is 0 Å². The third kappa shape index (κ3) is 5.09. The second-order valence-electron chi connectivity index (χ2n) is 7.72. The summed E-state index contributed by atoms with van der Waals surface area (Å²) in [6.45, 7) is 3.65. The molecule has 3 amide bonds. The molecule has 7 heteroatoms. The van der Waals surface area contributed by atoms with Crippen LogP contribution < -0.4 is 10.1 Å². The third-order valence-electron chi connectivity index (χ3n) is 5.35. The molecule has 0 unspecified atom stereocenters. The quantitative estimate of drug-likeness (QED) is 0.458. The molecule has 33 heavy (non-hydrogen) atoms. The second kappa shape index (κ2) is 9.92. The van der Waals surface area contributed by atoms with Crippen molar-refractivity contribution < 1.29 is 19.1 Å². The number of fused-ring (bicyclic) bond motifs is 1. The van der Waals surface area contributed by atoms with Gasteiger partial charge in [-0.15, -0.1) is 0 Å². The molecule has 1 N–H and O–H groups in total. The monoisotopic (exact) mass is 460 g/mol. The maximum atomic E-state index is 12.9. The van der Waals surface area contributed by atoms with Gasteiger partial charge in [0.1, 0.15) is 12.3 Å². The van der Waals surface area contributed by atoms with Gasteiger partial charge in [-0.05, 0) is 48.7 Å². The fraction of sp³-hybridized carbons (Fsp3) is 0.192. The molecule has 0 saturated carbocycles. The number of nitrogens with zero attached hydrogens (tertiary/aromatic N) is 1. The molecule has 0 spiro atoms. The molecule has 4 rings (SSSR count). The Morgan fingerprint density at radius 3 is 2.61 bits per heavy atom. The summed E-state index contributed by atoms with van der Waals surface area (Å²) in [7, 11) is 0. The summed E-state index contributed by atoms with van der Waals surface area (Å²) in [5, 5.41) is 4.23. The highest BCUT2D eigenvalue weighted by molar-refractivity contribution is 8.18. The molecule has 1 aliphatic heterocycles. The lowest BCUT2D eigenvalue weighted by atomic mass is 10.1. The van der Waals surface area contributed by atoms with E-state index >= 15 is 0 Å². The Balaban J connectivity index is 1.49. The van der Waals surface area contributed by atoms with Crippen LogP contribution in [-0.2, 0) is 9.59 Å². The first-order chi connectivity index (χ1) is 16.0. The van der Waals surface area contributed by atoms with Crippen molar-refractivity contribution >= 4 is 51.4 Å². The highest BCUT2D eigenvalue weighted by Gasteiger charge is 2.36. The van der Waals surface area contributed by atoms with Crippen molar-refractivity contribution in [3.63, 3.8) is 0 Å². The number of nitrogens with one attached hydrogen (secondary N) is 1. The number of hydrogen-bond acceptors (Lipinski definition) is 5. The molecule has 0 bridgehead atoms. The van der Waals surface area contributed by atoms with Crippen LogP contribution in [0.5, 0.6) is 5.75 Å². The lowest BCUT2D eigenvalue weighted by Gasteiger charge is -2.15. The topological polar surface area (TPSA) is 75.7 Å². The predicted octanol–water partition coefficient (Wildman–Crippen LogP) is 5.69. The van der Waals surface area contributed by atoms with E-state index in [-0.39, 0.29) is 17.6 Å². The van der Waals surface area contributed by atoms with E-state index in [1.165, 1.54) is 0 Å². The number of hydrogen-bond donors (Lipinski definition) is 1. The summed E-state index contributed by atoms with van der Waals surface area (Å²) in [6, 6.07) is 20.6. The maximum Gasteiger partial charge on any atom is 0.294 e. The van der Waals surface area contributed by atoms with Crippen molar-refractivity contribution in [1.29, 1.82) is 0 Å². The van der Waals surface area contributed by atoms with Crippen LogP contribution in [0.25, 0.3) is 16.8 Å². The van der Waals surface area contributed by atoms with Crippen molar-refractivity contribution in [2.75, 3.05) is 11.9 Å². The fourth-order valence-electron chi connectivity index (χ4n) is 3.45. The standard InChI is InChI=1S/C26H24N2O4S/c1-3-17(2)32-22-14-7-5-10-19(22)15-23-25(30)28(26(31)33-23)16-24(29)27-21-13-8-11-18-9-4-6-12-20(18)21/h4-15,17H,3,16H2,1-2H3,(H,27,29)/b23-15+/t17-/m1/s1. The molecular formula is C26H24N2O4S. The Bertz CT molecular complexity index is 1250. The normalized spacial score (nSPS) is 15.8. The fourth-order valence-corrected chi connectivity index (χ4v) is 4.28. The van der Waals surface area contributed by atoms with Gasteiger partial charge in [-0.25, -0.2) is 0 Å². The van der Waals surface area contributed by atoms with Crippen LogP contribution in [-0.4, -0.2) is 34.6 Å². The highest BCUT2D eigenvalue weighted by atomic mass is 32.2. The minimum atomic E-state index is -0.489. The van der Waals surface area contributed by atoms with E-state index in [9.17, 15) is 14.4 Å². The van der Waals surface area contributed by atoms with Crippen LogP contribution in [0.15, 0.2) is 71.6 Å². The molecule has 3 aromatic carbocycles. The lowest BCUT2D eigenvalue weighted by Crippen LogP contribution is -2.36. The Morgan fingerprint density at radius 2 is 1.79 bits per heavy atom. The Labute approximate surface area is 196 Å². The van der Waals surface area contributed by atoms with Gasteiger partial charge in [-0.3, -0.25) is 19.3 Å². The summed E-state index contributed by atoms with van der Waals surface area (Å²) in [4.78, 5) is 39.3. The van der Waals surface area contributed by atoms with Crippen LogP contribution >= 0.6 is 11.8 Å². The third-order valence-corrected chi connectivity index (χ3v) is 6.26. The van der Waals surface area contributed by atoms with Crippen molar-refractivity contribution in [2.24, 2.45) is 0 Å². The number of para-hydroxylation sites is 1. The van der Waals surface area contributed by atoms with Crippen LogP contribution in [0.4, 0.5) is 10.5 Å². The van der Waals surface area contributed by atoms with Gasteiger partial charge >= 0.3 is 0 Å². The SMILES string of the molecule is CC[C@@H](C)Oc1ccccc1/C=C1/SC(=O)N(CC(=O)Nc2cccc3ccccc23)C1=O. The molecule has 1 fully saturated rings. The van der Waals surface area contributed by atoms with E-state index in [1.807, 2.05) is 74.5 Å². The molecule has 0 aliphatic carbocycles. The number of thioether (sulfide) groups is 1. The summed E-state index contributed by atoms with van der Waals surface area (Å²) in [5.41, 5.74) is 1.35. The predicted molar refractivity (Wildman–Crippen MR) is 132 cm³/mol. The van der Waals surface area contributed by atoms with E-state index in [4.69, 9.17) is 4.74 Å². The number of anilines is 1. The van der Waals surface area contributed by atoms with E-state index in [0.717, 1.165) is 33.9 Å². The number of rotatable bonds is 7. The van der Waals surface area contributed by atoms with Gasteiger partial charge in [0.05, 0.1) is 11.0 Å². The summed E-state index contributed by atoms with van der Waals surface area (Å²) in [5.74, 6) is -0.279. The van der Waals surface area contributed by atoms with Gasteiger partial charge in [0.25, 0.3) is 11.1 Å². The highest BCUT2D eigenvalue weighted by Crippen LogP contribution is 2.34. The van der Waals surface area contributed by atoms with E-state index in [2.05, 4.69) is 5.32 Å². The molecule has 1 aliphatic rings. The number of ether oxygens (including phenoxy) is 1. The summed E-state index contributed by atoms with van der Waals surface area (Å²) < 4.78 is 5.93. The van der Waals surface area contributed by atoms with Crippen molar-refractivity contribution in [3.8, 4) is 5.75 Å². The van der Waals surface area contributed by atoms with Gasteiger partial charge < -0.3 is 10.1 Å². The zero-order valence-electron chi connectivity index (χ0n) is 18.4. The number of imide groups is 1. The molecular weight excluding hydrogens is 436 g/mol. The van der Waals surface area contributed by atoms with Gasteiger partial charge in [-0.1, -0.05) is 61.5 Å². The van der Waals surface area contributed by atoms with Crippen LogP contribution in [0.2, 0.25) is 0 Å². The first kappa shape index (κ1) is 22.6. The number of amides is 3. The molecule has 0 radical (unpaired) electrons. The maximum absolute atomic E-state index is 12.9. The molecule has 6 nitrogen and oxygen atoms in total. The van der Waals surface area contributed by atoms with Crippen LogP contribution in [0.3, 0.4) is 0 Å². The zero-order valence-corrected chi connectivity index (χ0v) is 19.2. The first-order valence-corrected chi connectivity index (χ1v) is 11.6. The smallest absolute Gasteiger partial charge is 0.294 e. The lowest BCUT2D eigenvalue weighted by molar-refractivity contribution is -0.127. The number of carbonyl (C=O) groups is 3. The van der Waals surface area contributed by atoms with Crippen LogP contribution in [0.1, 0.15) is 25.8 Å². The largest absolute Gasteiger partial charge is 0.490 e. The molecule has 0 aromatic heterocycles. The van der Waals surface area contributed by atoms with Crippen LogP contribution in [0, 0.1) is 0 Å². The summed E-state index contributed by atoms with van der Waals surface area (Å²) in [6.07, 6.45) is 2.51. The molecule has 1 saturated heterocycles. The van der Waals surface area contributed by atoms with E-state index < -0.39 is 17.1 Å². The minimum absolute atomic E-state index is 0.0207. The zero-order chi connectivity index (χ0) is 23.4. The van der Waals surface area contributed by atoms with E-state index in [1.54, 1.807) is 12.1 Å². The van der Waals surface area contributed by atoms with Crippen molar-refractivity contribution in [2.45, 2.75) is 26.4 Å². The minimum Gasteiger partial charge on any atom is -0.490 e. The average molecular weight is 461 g/mol. The van der Waals surface area contributed by atoms with E-state index in [0.29, 0.717) is 17.0 Å². The van der Waals surface area contributed by atoms with Gasteiger partial charge in [0, 0.05) is 16.6 Å². The number of carbonyl (C=O) groups excluding carboxylic acids is 3. The van der Waals surface area contributed by atoms with Crippen molar-refractivity contribution in [1.82, 2.24) is 4.90 Å². The first-order valence-electron chi connectivity index (χ1n) is 10.7. The Hall–Kier alpha value is -3.58. The van der Waals surface area contributed by atoms with Crippen molar-refractivity contribution in [3.05, 3.63) is 77.2 Å². The number of benzene rings is 3. The van der Waals surface area contributed by atoms with Gasteiger partial charge in [-0.2, -0.15) is 0 Å². The van der Waals surface area contributed by atoms with Gasteiger partial charge in [0.2, 0.25) is 5.91 Å². The average Bonchev–Trinajstić information content (AvgIpc) is 3.07. The molecule has 168 valence electrons. The Morgan fingerprint density at radius 1 is 1.06 bits per heavy atom. The molecule has 1 heterocycles. The molecule has 1 atom stereocenters. The second-order valence-corrected chi connectivity index (χ2v) is 8.71. The molecule has 3 aromatic rings. The Kier molecular flexibility index (Phi) is 6.79. The summed E-state index contributed by atoms with van der Waals surface area (Å²) >= 11 is 0.824.